The van der Waals surface area contributed by atoms with Gasteiger partial charge in [-0.1, -0.05) is 15.9 Å². The van der Waals surface area contributed by atoms with Crippen LogP contribution in [0.4, 0.5) is 0 Å². The smallest absolute Gasteiger partial charge is 0.274 e. The van der Waals surface area contributed by atoms with E-state index >= 15 is 0 Å². The molecule has 1 N–H and O–H groups in total. The third-order valence-electron chi connectivity index (χ3n) is 2.14. The van der Waals surface area contributed by atoms with Crippen LogP contribution in [0.5, 0.6) is 0 Å². The molecule has 1 fully saturated rings. The van der Waals surface area contributed by atoms with E-state index in [1.165, 1.54) is 0 Å². The number of unbranched alkanes of at least 4 members (excludes halogenated alkanes) is 1. The minimum atomic E-state index is -3.58. The molecule has 0 aromatic rings. The topological polar surface area (TPSA) is 66.5 Å². The number of rotatable bonds is 4. The third kappa shape index (κ3) is 3.42. The van der Waals surface area contributed by atoms with Gasteiger partial charge in [0.05, 0.1) is 0 Å². The van der Waals surface area contributed by atoms with Crippen molar-refractivity contribution in [3.05, 3.63) is 0 Å². The second-order valence-electron chi connectivity index (χ2n) is 3.59. The first-order chi connectivity index (χ1) is 6.97. The van der Waals surface area contributed by atoms with Gasteiger partial charge in [0.2, 0.25) is 5.91 Å². The van der Waals surface area contributed by atoms with Crippen LogP contribution in [0.15, 0.2) is 0 Å². The van der Waals surface area contributed by atoms with Crippen molar-refractivity contribution < 1.29 is 13.2 Å². The molecule has 0 radical (unpaired) electrons. The summed E-state index contributed by atoms with van der Waals surface area (Å²) in [5.41, 5.74) is 0. The van der Waals surface area contributed by atoms with Gasteiger partial charge in [-0.2, -0.15) is 13.1 Å². The van der Waals surface area contributed by atoms with Crippen molar-refractivity contribution in [2.24, 2.45) is 0 Å². The highest BCUT2D eigenvalue weighted by Crippen LogP contribution is 2.13. The first-order valence-corrected chi connectivity index (χ1v) is 7.42. The van der Waals surface area contributed by atoms with Gasteiger partial charge in [0, 0.05) is 24.3 Å². The van der Waals surface area contributed by atoms with Crippen molar-refractivity contribution in [3.63, 3.8) is 0 Å². The van der Waals surface area contributed by atoms with Crippen molar-refractivity contribution in [2.45, 2.75) is 32.2 Å². The summed E-state index contributed by atoms with van der Waals surface area (Å²) in [4.78, 5) is 11.5. The molecule has 0 aliphatic carbocycles. The SMILES string of the molecule is CC1CC(=O)N(CCCCBr)S(=O)(=O)N1. The zero-order valence-electron chi connectivity index (χ0n) is 8.57. The van der Waals surface area contributed by atoms with E-state index in [0.29, 0.717) is 6.42 Å². The average Bonchev–Trinajstić information content (AvgIpc) is 2.08. The third-order valence-corrected chi connectivity index (χ3v) is 4.37. The van der Waals surface area contributed by atoms with Gasteiger partial charge < -0.3 is 0 Å². The molecule has 0 aromatic carbocycles. The van der Waals surface area contributed by atoms with Crippen molar-refractivity contribution in [1.29, 1.82) is 0 Å². The number of hydrogen-bond acceptors (Lipinski definition) is 3. The van der Waals surface area contributed by atoms with E-state index in [1.54, 1.807) is 6.92 Å². The summed E-state index contributed by atoms with van der Waals surface area (Å²) in [6.07, 6.45) is 1.79. The minimum absolute atomic E-state index is 0.244. The fraction of sp³-hybridized carbons (Fsp3) is 0.875. The van der Waals surface area contributed by atoms with E-state index < -0.39 is 10.2 Å². The highest BCUT2D eigenvalue weighted by molar-refractivity contribution is 9.09. The summed E-state index contributed by atoms with van der Waals surface area (Å²) in [6.45, 7) is 1.96. The largest absolute Gasteiger partial charge is 0.303 e. The number of carbonyl (C=O) groups excluding carboxylic acids is 1. The molecule has 1 saturated heterocycles. The molecule has 0 bridgehead atoms. The summed E-state index contributed by atoms with van der Waals surface area (Å²) in [5, 5.41) is 0.818. The Morgan fingerprint density at radius 3 is 2.73 bits per heavy atom. The summed E-state index contributed by atoms with van der Waals surface area (Å²) in [5.74, 6) is -0.309. The van der Waals surface area contributed by atoms with Crippen LogP contribution in [0.3, 0.4) is 0 Å². The lowest BCUT2D eigenvalue weighted by atomic mass is 10.2. The standard InChI is InChI=1S/C8H15BrN2O3S/c1-7-6-8(12)11(5-3-2-4-9)15(13,14)10-7/h7,10H,2-6H2,1H3. The van der Waals surface area contributed by atoms with Gasteiger partial charge in [-0.05, 0) is 19.8 Å². The summed E-state index contributed by atoms with van der Waals surface area (Å²) in [6, 6.07) is -0.296. The van der Waals surface area contributed by atoms with Crippen LogP contribution in [0.1, 0.15) is 26.2 Å². The van der Waals surface area contributed by atoms with E-state index in [4.69, 9.17) is 0 Å². The highest BCUT2D eigenvalue weighted by atomic mass is 79.9. The maximum atomic E-state index is 11.6. The number of amides is 1. The van der Waals surface area contributed by atoms with Crippen LogP contribution in [-0.4, -0.2) is 36.5 Å². The zero-order valence-corrected chi connectivity index (χ0v) is 11.0. The molecule has 0 spiro atoms. The van der Waals surface area contributed by atoms with Crippen LogP contribution in [0.25, 0.3) is 0 Å². The Kier molecular flexibility index (Phi) is 4.54. The number of alkyl halides is 1. The number of hydrogen-bond donors (Lipinski definition) is 1. The molecule has 5 nitrogen and oxygen atoms in total. The Hall–Kier alpha value is -0.140. The van der Waals surface area contributed by atoms with Gasteiger partial charge in [0.1, 0.15) is 0 Å². The molecule has 1 unspecified atom stereocenters. The summed E-state index contributed by atoms with van der Waals surface area (Å²) >= 11 is 3.26. The van der Waals surface area contributed by atoms with Gasteiger partial charge in [-0.3, -0.25) is 4.79 Å². The predicted octanol–water partition coefficient (Wildman–Crippen LogP) is 0.617. The van der Waals surface area contributed by atoms with E-state index in [0.717, 1.165) is 16.1 Å². The van der Waals surface area contributed by atoms with Crippen molar-refractivity contribution in [1.82, 2.24) is 9.03 Å². The van der Waals surface area contributed by atoms with Crippen molar-refractivity contribution in [3.8, 4) is 0 Å². The minimum Gasteiger partial charge on any atom is -0.274 e. The van der Waals surface area contributed by atoms with Crippen molar-refractivity contribution >= 4 is 32.0 Å². The first kappa shape index (κ1) is 12.9. The van der Waals surface area contributed by atoms with Crippen LogP contribution in [-0.2, 0) is 15.0 Å². The van der Waals surface area contributed by atoms with Crippen LogP contribution >= 0.6 is 15.9 Å². The average molecular weight is 299 g/mol. The van der Waals surface area contributed by atoms with Crippen molar-refractivity contribution in [2.75, 3.05) is 11.9 Å². The zero-order chi connectivity index (χ0) is 11.5. The number of nitrogens with one attached hydrogen (secondary N) is 1. The van der Waals surface area contributed by atoms with Gasteiger partial charge in [-0.25, -0.2) is 4.31 Å². The second-order valence-corrected chi connectivity index (χ2v) is 6.01. The van der Waals surface area contributed by atoms with E-state index in [9.17, 15) is 13.2 Å². The fourth-order valence-electron chi connectivity index (χ4n) is 1.45. The predicted molar refractivity (Wildman–Crippen MR) is 60.9 cm³/mol. The van der Waals surface area contributed by atoms with Crippen LogP contribution < -0.4 is 4.72 Å². The molecule has 0 aromatic heterocycles. The molecule has 1 aliphatic rings. The van der Waals surface area contributed by atoms with E-state index in [1.807, 2.05) is 0 Å². The van der Waals surface area contributed by atoms with Crippen LogP contribution in [0.2, 0.25) is 0 Å². The van der Waals surface area contributed by atoms with Gasteiger partial charge in [-0.15, -0.1) is 0 Å². The maximum absolute atomic E-state index is 11.6. The molecular formula is C8H15BrN2O3S. The number of halogens is 1. The molecule has 1 atom stereocenters. The van der Waals surface area contributed by atoms with E-state index in [-0.39, 0.29) is 24.9 Å². The fourth-order valence-corrected chi connectivity index (χ4v) is 3.28. The number of nitrogens with zero attached hydrogens (tertiary/aromatic N) is 1. The highest BCUT2D eigenvalue weighted by Gasteiger charge is 2.34. The molecule has 15 heavy (non-hydrogen) atoms. The Balaban J connectivity index is 2.64. The Morgan fingerprint density at radius 1 is 1.53 bits per heavy atom. The van der Waals surface area contributed by atoms with Crippen LogP contribution in [0, 0.1) is 0 Å². The maximum Gasteiger partial charge on any atom is 0.303 e. The summed E-state index contributed by atoms with van der Waals surface area (Å²) < 4.78 is 26.5. The summed E-state index contributed by atoms with van der Waals surface area (Å²) in [7, 11) is -3.58. The quantitative estimate of drug-likeness (QED) is 0.611. The lowest BCUT2D eigenvalue weighted by Crippen LogP contribution is -2.54. The molecule has 1 aliphatic heterocycles. The molecule has 88 valence electrons. The molecular weight excluding hydrogens is 284 g/mol. The Bertz CT molecular complexity index is 331. The molecule has 1 rings (SSSR count). The first-order valence-electron chi connectivity index (χ1n) is 4.86. The number of carbonyl (C=O) groups is 1. The molecule has 1 heterocycles. The monoisotopic (exact) mass is 298 g/mol. The molecule has 0 saturated carbocycles. The Labute approximate surface area is 98.5 Å². The lowest BCUT2D eigenvalue weighted by molar-refractivity contribution is -0.127. The van der Waals surface area contributed by atoms with Gasteiger partial charge in [0.15, 0.2) is 0 Å². The van der Waals surface area contributed by atoms with E-state index in [2.05, 4.69) is 20.7 Å². The van der Waals surface area contributed by atoms with Gasteiger partial charge in [0.25, 0.3) is 0 Å². The normalized spacial score (nSPS) is 25.6. The second kappa shape index (κ2) is 5.27. The molecule has 1 amide bonds. The Morgan fingerprint density at radius 2 is 2.20 bits per heavy atom. The van der Waals surface area contributed by atoms with Gasteiger partial charge >= 0.3 is 10.2 Å². The molecule has 7 heteroatoms. The lowest BCUT2D eigenvalue weighted by Gasteiger charge is -2.30.